The maximum absolute atomic E-state index is 13.7. The molecular formula is C20H18ClN3O4. The van der Waals surface area contributed by atoms with Crippen molar-refractivity contribution in [1.29, 1.82) is 0 Å². The van der Waals surface area contributed by atoms with Crippen LogP contribution in [-0.4, -0.2) is 30.1 Å². The molecule has 8 heteroatoms. The minimum atomic E-state index is -1.33. The third kappa shape index (κ3) is 1.88. The average Bonchev–Trinajstić information content (AvgIpc) is 3.14. The molecule has 2 fully saturated rings. The Labute approximate surface area is 166 Å². The number of fused-ring (bicyclic) bond motifs is 2. The van der Waals surface area contributed by atoms with E-state index in [0.717, 1.165) is 5.56 Å². The highest BCUT2D eigenvalue weighted by Gasteiger charge is 2.79. The van der Waals surface area contributed by atoms with Crippen LogP contribution < -0.4 is 15.1 Å². The lowest BCUT2D eigenvalue weighted by Crippen LogP contribution is -2.65. The predicted octanol–water partition coefficient (Wildman–Crippen LogP) is 4.03. The van der Waals surface area contributed by atoms with Crippen molar-refractivity contribution in [2.45, 2.75) is 31.3 Å². The highest BCUT2D eigenvalue weighted by Crippen LogP contribution is 2.60. The Morgan fingerprint density at radius 3 is 2.64 bits per heavy atom. The number of alkyl carbamates (subject to hydrolysis) is 1. The van der Waals surface area contributed by atoms with E-state index >= 15 is 0 Å². The van der Waals surface area contributed by atoms with Crippen molar-refractivity contribution in [3.05, 3.63) is 59.1 Å². The number of amides is 3. The summed E-state index contributed by atoms with van der Waals surface area (Å²) in [6.45, 7) is 4.00. The lowest BCUT2D eigenvalue weighted by atomic mass is 9.90. The van der Waals surface area contributed by atoms with Gasteiger partial charge in [0.15, 0.2) is 0 Å². The van der Waals surface area contributed by atoms with E-state index < -0.39 is 23.6 Å². The smallest absolute Gasteiger partial charge is 0.411 e. The van der Waals surface area contributed by atoms with Gasteiger partial charge >= 0.3 is 12.1 Å². The van der Waals surface area contributed by atoms with Gasteiger partial charge in [-0.1, -0.05) is 35.9 Å². The van der Waals surface area contributed by atoms with Crippen molar-refractivity contribution in [2.24, 2.45) is 0 Å². The Balaban J connectivity index is 1.79. The van der Waals surface area contributed by atoms with Crippen LogP contribution in [0.15, 0.2) is 48.5 Å². The molecular weight excluding hydrogens is 382 g/mol. The number of carbonyl (C=O) groups excluding carboxylic acids is 2. The van der Waals surface area contributed by atoms with Gasteiger partial charge < -0.3 is 9.47 Å². The molecule has 5 rings (SSSR count). The van der Waals surface area contributed by atoms with Crippen molar-refractivity contribution < 1.29 is 19.1 Å². The molecule has 3 unspecified atom stereocenters. The molecule has 0 bridgehead atoms. The number of rotatable bonds is 3. The minimum Gasteiger partial charge on any atom is -0.418 e. The Kier molecular flexibility index (Phi) is 3.48. The zero-order valence-corrected chi connectivity index (χ0v) is 16.1. The molecule has 3 aliphatic rings. The number of nitrogens with one attached hydrogen (secondary N) is 1. The average molecular weight is 400 g/mol. The van der Waals surface area contributed by atoms with E-state index in [-0.39, 0.29) is 6.03 Å². The highest BCUT2D eigenvalue weighted by molar-refractivity contribution is 6.31. The van der Waals surface area contributed by atoms with Crippen LogP contribution in [0.2, 0.25) is 5.02 Å². The third-order valence-corrected chi connectivity index (χ3v) is 5.93. The molecule has 144 valence electrons. The van der Waals surface area contributed by atoms with Crippen molar-refractivity contribution in [2.75, 3.05) is 16.4 Å². The van der Waals surface area contributed by atoms with Gasteiger partial charge in [-0.05, 0) is 31.2 Å². The first-order valence-corrected chi connectivity index (χ1v) is 9.43. The van der Waals surface area contributed by atoms with Crippen LogP contribution in [0.3, 0.4) is 0 Å². The Hall–Kier alpha value is -2.77. The molecule has 0 aromatic heterocycles. The fraction of sp³-hybridized carbons (Fsp3) is 0.300. The maximum Gasteiger partial charge on any atom is 0.411 e. The van der Waals surface area contributed by atoms with Crippen LogP contribution in [0.1, 0.15) is 25.5 Å². The Morgan fingerprint density at radius 1 is 1.18 bits per heavy atom. The van der Waals surface area contributed by atoms with Crippen LogP contribution >= 0.6 is 11.6 Å². The van der Waals surface area contributed by atoms with Gasteiger partial charge in [-0.3, -0.25) is 15.1 Å². The van der Waals surface area contributed by atoms with Crippen LogP contribution in [-0.2, 0) is 9.47 Å². The number of hydrogen-bond acceptors (Lipinski definition) is 4. The standard InChI is InChI=1S/C20H18ClN3O4/c1-3-27-16-14-10-9-12(21)11-15(14)24-18(26)23(13-7-5-4-6-8-13)19(2)20(16,24)22-17(25)28-19/h4-11,16H,3H2,1-2H3,(H,22,25). The Morgan fingerprint density at radius 2 is 1.93 bits per heavy atom. The van der Waals surface area contributed by atoms with E-state index in [2.05, 4.69) is 5.32 Å². The lowest BCUT2D eigenvalue weighted by molar-refractivity contribution is -0.0523. The molecule has 3 amide bonds. The zero-order chi connectivity index (χ0) is 19.7. The topological polar surface area (TPSA) is 71.1 Å². The SMILES string of the molecule is CCOC1c2ccc(Cl)cc2N2C(=O)N(c3ccccc3)C3(C)OC(=O)NC123. The van der Waals surface area contributed by atoms with Crippen LogP contribution in [0.4, 0.5) is 21.0 Å². The molecule has 0 aliphatic carbocycles. The first-order valence-electron chi connectivity index (χ1n) is 9.05. The summed E-state index contributed by atoms with van der Waals surface area (Å²) in [6, 6.07) is 14.1. The number of halogens is 1. The molecule has 1 N–H and O–H groups in total. The molecule has 2 saturated heterocycles. The molecule has 3 aliphatic heterocycles. The van der Waals surface area contributed by atoms with Gasteiger partial charge in [-0.25, -0.2) is 9.59 Å². The van der Waals surface area contributed by atoms with E-state index in [9.17, 15) is 9.59 Å². The molecule has 2 aromatic rings. The summed E-state index contributed by atoms with van der Waals surface area (Å²) >= 11 is 6.23. The van der Waals surface area contributed by atoms with E-state index in [0.29, 0.717) is 23.0 Å². The van der Waals surface area contributed by atoms with Gasteiger partial charge in [0.2, 0.25) is 11.4 Å². The van der Waals surface area contributed by atoms with E-state index in [4.69, 9.17) is 21.1 Å². The van der Waals surface area contributed by atoms with Gasteiger partial charge in [0.05, 0.1) is 5.69 Å². The molecule has 2 aromatic carbocycles. The first kappa shape index (κ1) is 17.3. The van der Waals surface area contributed by atoms with Crippen LogP contribution in [0, 0.1) is 0 Å². The quantitative estimate of drug-likeness (QED) is 0.845. The van der Waals surface area contributed by atoms with Gasteiger partial charge in [-0.15, -0.1) is 0 Å². The highest BCUT2D eigenvalue weighted by atomic mass is 35.5. The van der Waals surface area contributed by atoms with Crippen LogP contribution in [0.5, 0.6) is 0 Å². The first-order chi connectivity index (χ1) is 13.4. The molecule has 0 saturated carbocycles. The molecule has 3 atom stereocenters. The van der Waals surface area contributed by atoms with Gasteiger partial charge in [0, 0.05) is 29.8 Å². The molecule has 0 radical (unpaired) electrons. The molecule has 28 heavy (non-hydrogen) atoms. The lowest BCUT2D eigenvalue weighted by Gasteiger charge is -2.40. The Bertz CT molecular complexity index is 1000. The number of para-hydroxylation sites is 1. The second-order valence-corrected chi connectivity index (χ2v) is 7.53. The second-order valence-electron chi connectivity index (χ2n) is 7.09. The van der Waals surface area contributed by atoms with Crippen LogP contribution in [0.25, 0.3) is 0 Å². The van der Waals surface area contributed by atoms with Crippen molar-refractivity contribution in [3.8, 4) is 0 Å². The molecule has 7 nitrogen and oxygen atoms in total. The number of benzene rings is 2. The molecule has 3 heterocycles. The van der Waals surface area contributed by atoms with E-state index in [1.165, 1.54) is 4.90 Å². The van der Waals surface area contributed by atoms with E-state index in [1.54, 1.807) is 36.1 Å². The summed E-state index contributed by atoms with van der Waals surface area (Å²) in [6.07, 6.45) is -1.22. The number of hydrogen-bond donors (Lipinski definition) is 1. The van der Waals surface area contributed by atoms with Crippen molar-refractivity contribution in [3.63, 3.8) is 0 Å². The maximum atomic E-state index is 13.7. The zero-order valence-electron chi connectivity index (χ0n) is 15.3. The summed E-state index contributed by atoms with van der Waals surface area (Å²) in [5.74, 6) is 0. The predicted molar refractivity (Wildman–Crippen MR) is 103 cm³/mol. The summed E-state index contributed by atoms with van der Waals surface area (Å²) in [4.78, 5) is 29.2. The van der Waals surface area contributed by atoms with Crippen molar-refractivity contribution in [1.82, 2.24) is 5.32 Å². The summed E-state index contributed by atoms with van der Waals surface area (Å²) in [5, 5.41) is 3.39. The second kappa shape index (κ2) is 5.62. The van der Waals surface area contributed by atoms with E-state index in [1.807, 2.05) is 31.2 Å². The number of urea groups is 1. The number of anilines is 2. The summed E-state index contributed by atoms with van der Waals surface area (Å²) in [5.41, 5.74) is -0.566. The number of ether oxygens (including phenoxy) is 2. The van der Waals surface area contributed by atoms with Gasteiger partial charge in [0.1, 0.15) is 6.10 Å². The fourth-order valence-electron chi connectivity index (χ4n) is 4.66. The summed E-state index contributed by atoms with van der Waals surface area (Å²) in [7, 11) is 0. The molecule has 1 spiro atoms. The monoisotopic (exact) mass is 399 g/mol. The van der Waals surface area contributed by atoms with Gasteiger partial charge in [0.25, 0.3) is 0 Å². The fourth-order valence-corrected chi connectivity index (χ4v) is 4.82. The largest absolute Gasteiger partial charge is 0.418 e. The minimum absolute atomic E-state index is 0.320. The van der Waals surface area contributed by atoms with Crippen molar-refractivity contribution >= 4 is 35.1 Å². The number of nitrogens with zero attached hydrogens (tertiary/aromatic N) is 2. The van der Waals surface area contributed by atoms with Gasteiger partial charge in [-0.2, -0.15) is 0 Å². The normalized spacial score (nSPS) is 30.0. The number of carbonyl (C=O) groups is 2. The summed E-state index contributed by atoms with van der Waals surface area (Å²) < 4.78 is 11.8. The third-order valence-electron chi connectivity index (χ3n) is 5.70.